The molecule has 3 rings (SSSR count). The SMILES string of the molecule is CCOC(=O)c1cnn(-c2cc(Oc3cc(C)ccc3C)nc(C)n2)c1N. The number of carbonyl (C=O) groups excluding carboxylic acids is 1. The molecule has 1 aromatic carbocycles. The second kappa shape index (κ2) is 7.45. The Morgan fingerprint density at radius 2 is 1.96 bits per heavy atom. The van der Waals surface area contributed by atoms with Crippen LogP contribution in [0.15, 0.2) is 30.5 Å². The van der Waals surface area contributed by atoms with E-state index in [1.165, 1.54) is 10.9 Å². The van der Waals surface area contributed by atoms with E-state index in [2.05, 4.69) is 15.1 Å². The fourth-order valence-electron chi connectivity index (χ4n) is 2.52. The minimum Gasteiger partial charge on any atom is -0.462 e. The van der Waals surface area contributed by atoms with Crippen molar-refractivity contribution >= 4 is 11.8 Å². The molecule has 2 N–H and O–H groups in total. The summed E-state index contributed by atoms with van der Waals surface area (Å²) in [5, 5.41) is 4.16. The van der Waals surface area contributed by atoms with E-state index in [1.54, 1.807) is 19.9 Å². The van der Waals surface area contributed by atoms with Gasteiger partial charge in [-0.2, -0.15) is 14.8 Å². The van der Waals surface area contributed by atoms with E-state index in [0.29, 0.717) is 23.3 Å². The largest absolute Gasteiger partial charge is 0.462 e. The average molecular weight is 367 g/mol. The normalized spacial score (nSPS) is 10.7. The highest BCUT2D eigenvalue weighted by molar-refractivity contribution is 5.94. The van der Waals surface area contributed by atoms with Gasteiger partial charge in [-0.15, -0.1) is 0 Å². The summed E-state index contributed by atoms with van der Waals surface area (Å²) in [4.78, 5) is 20.6. The number of carbonyl (C=O) groups is 1. The van der Waals surface area contributed by atoms with Gasteiger partial charge in [-0.1, -0.05) is 12.1 Å². The van der Waals surface area contributed by atoms with Crippen LogP contribution in [0.2, 0.25) is 0 Å². The third-order valence-corrected chi connectivity index (χ3v) is 3.88. The first-order valence-corrected chi connectivity index (χ1v) is 8.50. The number of nitrogens with two attached hydrogens (primary N) is 1. The van der Waals surface area contributed by atoms with Crippen molar-refractivity contribution in [2.45, 2.75) is 27.7 Å². The van der Waals surface area contributed by atoms with E-state index < -0.39 is 5.97 Å². The second-order valence-electron chi connectivity index (χ2n) is 6.06. The summed E-state index contributed by atoms with van der Waals surface area (Å²) in [5.74, 6) is 1.57. The van der Waals surface area contributed by atoms with Gasteiger partial charge in [-0.25, -0.2) is 9.78 Å². The standard InChI is InChI=1S/C19H21N5O3/c1-5-26-19(25)14-10-21-24(18(14)20)16-9-17(23-13(4)22-16)27-15-8-11(2)6-7-12(15)3/h6-10H,5,20H2,1-4H3. The Hall–Kier alpha value is -3.42. The van der Waals surface area contributed by atoms with Crippen molar-refractivity contribution in [2.24, 2.45) is 0 Å². The zero-order valence-corrected chi connectivity index (χ0v) is 15.7. The van der Waals surface area contributed by atoms with Crippen molar-refractivity contribution in [1.29, 1.82) is 0 Å². The van der Waals surface area contributed by atoms with E-state index in [9.17, 15) is 4.79 Å². The highest BCUT2D eigenvalue weighted by atomic mass is 16.5. The summed E-state index contributed by atoms with van der Waals surface area (Å²) >= 11 is 0. The molecule has 8 nitrogen and oxygen atoms in total. The van der Waals surface area contributed by atoms with Crippen LogP contribution in [0, 0.1) is 20.8 Å². The minimum atomic E-state index is -0.529. The number of ether oxygens (including phenoxy) is 2. The van der Waals surface area contributed by atoms with Gasteiger partial charge in [0.1, 0.15) is 23.0 Å². The number of esters is 1. The summed E-state index contributed by atoms with van der Waals surface area (Å²) in [7, 11) is 0. The van der Waals surface area contributed by atoms with Crippen LogP contribution in [0.4, 0.5) is 5.82 Å². The van der Waals surface area contributed by atoms with Crippen molar-refractivity contribution in [3.8, 4) is 17.4 Å². The van der Waals surface area contributed by atoms with Gasteiger partial charge >= 0.3 is 5.97 Å². The molecule has 0 saturated carbocycles. The molecule has 2 aromatic heterocycles. The van der Waals surface area contributed by atoms with Crippen LogP contribution in [0.1, 0.15) is 34.2 Å². The maximum Gasteiger partial charge on any atom is 0.343 e. The van der Waals surface area contributed by atoms with Crippen LogP contribution < -0.4 is 10.5 Å². The van der Waals surface area contributed by atoms with Crippen molar-refractivity contribution in [3.05, 3.63) is 53.0 Å². The first-order valence-electron chi connectivity index (χ1n) is 8.50. The molecular weight excluding hydrogens is 346 g/mol. The highest BCUT2D eigenvalue weighted by Gasteiger charge is 2.18. The van der Waals surface area contributed by atoms with Crippen LogP contribution >= 0.6 is 0 Å². The number of hydrogen-bond donors (Lipinski definition) is 1. The zero-order chi connectivity index (χ0) is 19.6. The molecular formula is C19H21N5O3. The number of benzene rings is 1. The molecule has 8 heteroatoms. The fourth-order valence-corrected chi connectivity index (χ4v) is 2.52. The van der Waals surface area contributed by atoms with Gasteiger partial charge in [0.15, 0.2) is 5.82 Å². The molecule has 0 spiro atoms. The van der Waals surface area contributed by atoms with Crippen LogP contribution in [-0.2, 0) is 4.74 Å². The number of rotatable bonds is 5. The summed E-state index contributed by atoms with van der Waals surface area (Å²) in [5.41, 5.74) is 8.32. The molecule has 2 heterocycles. The molecule has 140 valence electrons. The topological polar surface area (TPSA) is 105 Å². The van der Waals surface area contributed by atoms with Crippen molar-refractivity contribution in [2.75, 3.05) is 12.3 Å². The van der Waals surface area contributed by atoms with Gasteiger partial charge in [0.2, 0.25) is 5.88 Å². The first kappa shape index (κ1) is 18.4. The maximum absolute atomic E-state index is 11.9. The highest BCUT2D eigenvalue weighted by Crippen LogP contribution is 2.26. The van der Waals surface area contributed by atoms with Gasteiger partial charge in [-0.05, 0) is 44.9 Å². The van der Waals surface area contributed by atoms with Crippen LogP contribution in [0.25, 0.3) is 5.82 Å². The maximum atomic E-state index is 11.9. The number of anilines is 1. The van der Waals surface area contributed by atoms with Crippen LogP contribution in [0.3, 0.4) is 0 Å². The summed E-state index contributed by atoms with van der Waals surface area (Å²) in [6, 6.07) is 7.55. The predicted molar refractivity (Wildman–Crippen MR) is 100 cm³/mol. The number of hydrogen-bond acceptors (Lipinski definition) is 7. The first-order chi connectivity index (χ1) is 12.9. The molecule has 0 bridgehead atoms. The van der Waals surface area contributed by atoms with Crippen molar-refractivity contribution in [1.82, 2.24) is 19.7 Å². The van der Waals surface area contributed by atoms with Crippen molar-refractivity contribution < 1.29 is 14.3 Å². The smallest absolute Gasteiger partial charge is 0.343 e. The van der Waals surface area contributed by atoms with Gasteiger partial charge in [-0.3, -0.25) is 0 Å². The minimum absolute atomic E-state index is 0.143. The molecule has 0 saturated heterocycles. The molecule has 0 aliphatic carbocycles. The van der Waals surface area contributed by atoms with Crippen LogP contribution in [-0.4, -0.2) is 32.3 Å². The lowest BCUT2D eigenvalue weighted by molar-refractivity contribution is 0.0527. The third kappa shape index (κ3) is 3.89. The molecule has 0 aliphatic rings. The quantitative estimate of drug-likeness (QED) is 0.691. The molecule has 0 atom stereocenters. The Morgan fingerprint density at radius 1 is 1.19 bits per heavy atom. The van der Waals surface area contributed by atoms with E-state index in [-0.39, 0.29) is 18.0 Å². The predicted octanol–water partition coefficient (Wildman–Crippen LogP) is 3.14. The van der Waals surface area contributed by atoms with Gasteiger partial charge in [0.25, 0.3) is 0 Å². The lowest BCUT2D eigenvalue weighted by Crippen LogP contribution is -2.10. The van der Waals surface area contributed by atoms with Gasteiger partial charge in [0, 0.05) is 6.07 Å². The lowest BCUT2D eigenvalue weighted by atomic mass is 10.1. The fraction of sp³-hybridized carbons (Fsp3) is 0.263. The summed E-state index contributed by atoms with van der Waals surface area (Å²) in [6.07, 6.45) is 1.36. The molecule has 0 amide bonds. The van der Waals surface area contributed by atoms with E-state index in [0.717, 1.165) is 11.1 Å². The Morgan fingerprint density at radius 3 is 2.70 bits per heavy atom. The van der Waals surface area contributed by atoms with Gasteiger partial charge < -0.3 is 15.2 Å². The Labute approximate surface area is 157 Å². The number of aromatic nitrogens is 4. The summed E-state index contributed by atoms with van der Waals surface area (Å²) < 4.78 is 12.3. The lowest BCUT2D eigenvalue weighted by Gasteiger charge is -2.11. The van der Waals surface area contributed by atoms with E-state index >= 15 is 0 Å². The molecule has 0 aliphatic heterocycles. The number of aryl methyl sites for hydroxylation is 3. The third-order valence-electron chi connectivity index (χ3n) is 3.88. The Bertz CT molecular complexity index is 997. The van der Waals surface area contributed by atoms with Crippen molar-refractivity contribution in [3.63, 3.8) is 0 Å². The molecule has 0 unspecified atom stereocenters. The van der Waals surface area contributed by atoms with E-state index in [1.807, 2.05) is 32.0 Å². The number of nitrogens with zero attached hydrogens (tertiary/aromatic N) is 4. The summed E-state index contributed by atoms with van der Waals surface area (Å²) in [6.45, 7) is 7.67. The molecule has 0 fully saturated rings. The zero-order valence-electron chi connectivity index (χ0n) is 15.7. The number of nitrogen functional groups attached to an aromatic ring is 1. The second-order valence-corrected chi connectivity index (χ2v) is 6.06. The molecule has 27 heavy (non-hydrogen) atoms. The Balaban J connectivity index is 1.97. The average Bonchev–Trinajstić information content (AvgIpc) is 2.99. The Kier molecular flexibility index (Phi) is 5.07. The molecule has 0 radical (unpaired) electrons. The van der Waals surface area contributed by atoms with E-state index in [4.69, 9.17) is 15.2 Å². The van der Waals surface area contributed by atoms with Crippen LogP contribution in [0.5, 0.6) is 11.6 Å². The monoisotopic (exact) mass is 367 g/mol. The molecule has 3 aromatic rings. The van der Waals surface area contributed by atoms with Gasteiger partial charge in [0.05, 0.1) is 12.8 Å².